The van der Waals surface area contributed by atoms with Crippen molar-refractivity contribution in [2.45, 2.75) is 12.8 Å². The first-order chi connectivity index (χ1) is 3.41. The number of hydrogen-bond donors (Lipinski definition) is 2. The van der Waals surface area contributed by atoms with Crippen LogP contribution in [0.25, 0.3) is 0 Å². The average Bonchev–Trinajstić information content (AvgIpc) is 1.69. The Hall–Kier alpha value is -0.150. The van der Waals surface area contributed by atoms with Crippen LogP contribution in [0.2, 0.25) is 0 Å². The fourth-order valence-electron chi connectivity index (χ4n) is 0.299. The van der Waals surface area contributed by atoms with Crippen molar-refractivity contribution >= 4 is 0 Å². The highest BCUT2D eigenvalue weighted by molar-refractivity contribution is 4.36. The van der Waals surface area contributed by atoms with Gasteiger partial charge in [-0.05, 0) is 12.8 Å². The number of hydroxylamine groups is 1. The van der Waals surface area contributed by atoms with Crippen molar-refractivity contribution in [3.63, 3.8) is 0 Å². The van der Waals surface area contributed by atoms with Gasteiger partial charge in [0.1, 0.15) is 0 Å². The van der Waals surface area contributed by atoms with Crippen LogP contribution in [0.5, 0.6) is 0 Å². The van der Waals surface area contributed by atoms with E-state index in [9.17, 15) is 4.39 Å². The van der Waals surface area contributed by atoms with E-state index < -0.39 is 0 Å². The Balaban J connectivity index is 2.45. The van der Waals surface area contributed by atoms with E-state index in [0.717, 1.165) is 0 Å². The second-order valence-electron chi connectivity index (χ2n) is 1.30. The van der Waals surface area contributed by atoms with E-state index in [4.69, 9.17) is 5.21 Å². The van der Waals surface area contributed by atoms with E-state index in [-0.39, 0.29) is 6.67 Å². The first kappa shape index (κ1) is 6.85. The molecule has 0 fully saturated rings. The number of unbranched alkanes of at least 4 members (excludes halogenated alkanes) is 1. The van der Waals surface area contributed by atoms with Crippen molar-refractivity contribution in [2.75, 3.05) is 13.2 Å². The van der Waals surface area contributed by atoms with E-state index in [1.165, 1.54) is 0 Å². The molecule has 0 bridgehead atoms. The Morgan fingerprint density at radius 3 is 2.57 bits per heavy atom. The summed E-state index contributed by atoms with van der Waals surface area (Å²) in [4.78, 5) is 0. The molecular weight excluding hydrogens is 97.0 g/mol. The van der Waals surface area contributed by atoms with E-state index in [2.05, 4.69) is 0 Å². The minimum atomic E-state index is -0.290. The largest absolute Gasteiger partial charge is 0.317 e. The summed E-state index contributed by atoms with van der Waals surface area (Å²) in [6, 6.07) is 0. The zero-order chi connectivity index (χ0) is 5.54. The summed E-state index contributed by atoms with van der Waals surface area (Å²) in [5, 5.41) is 7.92. The van der Waals surface area contributed by atoms with Crippen LogP contribution in [-0.4, -0.2) is 18.4 Å². The highest BCUT2D eigenvalue weighted by Crippen LogP contribution is 1.84. The maximum atomic E-state index is 11.2. The Labute approximate surface area is 42.3 Å². The van der Waals surface area contributed by atoms with E-state index in [1.807, 2.05) is 5.48 Å². The second-order valence-corrected chi connectivity index (χ2v) is 1.30. The monoisotopic (exact) mass is 107 g/mol. The van der Waals surface area contributed by atoms with Gasteiger partial charge < -0.3 is 5.21 Å². The second kappa shape index (κ2) is 5.85. The molecule has 44 valence electrons. The molecule has 0 saturated carbocycles. The van der Waals surface area contributed by atoms with Crippen LogP contribution >= 0.6 is 0 Å². The molecule has 2 N–H and O–H groups in total. The Morgan fingerprint density at radius 2 is 2.14 bits per heavy atom. The lowest BCUT2D eigenvalue weighted by Crippen LogP contribution is -2.08. The number of alkyl halides is 1. The summed E-state index contributed by atoms with van der Waals surface area (Å²) in [5.41, 5.74) is 1.94. The highest BCUT2D eigenvalue weighted by Gasteiger charge is 1.81. The molecule has 0 radical (unpaired) electrons. The lowest BCUT2D eigenvalue weighted by Gasteiger charge is -1.90. The van der Waals surface area contributed by atoms with Crippen LogP contribution in [0.15, 0.2) is 0 Å². The lowest BCUT2D eigenvalue weighted by atomic mass is 10.3. The quantitative estimate of drug-likeness (QED) is 0.409. The fourth-order valence-corrected chi connectivity index (χ4v) is 0.299. The summed E-state index contributed by atoms with van der Waals surface area (Å²) in [6.07, 6.45) is 1.24. The SMILES string of the molecule is ONCCCCF. The van der Waals surface area contributed by atoms with E-state index >= 15 is 0 Å². The van der Waals surface area contributed by atoms with Crippen LogP contribution in [0.4, 0.5) is 4.39 Å². The summed E-state index contributed by atoms with van der Waals surface area (Å²) < 4.78 is 11.2. The van der Waals surface area contributed by atoms with Crippen molar-refractivity contribution in [1.82, 2.24) is 5.48 Å². The number of hydrogen-bond acceptors (Lipinski definition) is 2. The zero-order valence-corrected chi connectivity index (χ0v) is 4.15. The van der Waals surface area contributed by atoms with Gasteiger partial charge in [0.05, 0.1) is 6.67 Å². The third-order valence-corrected chi connectivity index (χ3v) is 0.672. The van der Waals surface area contributed by atoms with Crippen molar-refractivity contribution in [3.05, 3.63) is 0 Å². The van der Waals surface area contributed by atoms with Gasteiger partial charge in [-0.2, -0.15) is 0 Å². The maximum Gasteiger partial charge on any atom is 0.0895 e. The topological polar surface area (TPSA) is 32.3 Å². The first-order valence-electron chi connectivity index (χ1n) is 2.34. The van der Waals surface area contributed by atoms with Gasteiger partial charge in [-0.3, -0.25) is 4.39 Å². The standard InChI is InChI=1S/C4H10FNO/c5-3-1-2-4-6-7/h6-7H,1-4H2. The van der Waals surface area contributed by atoms with Gasteiger partial charge in [0.25, 0.3) is 0 Å². The predicted molar refractivity (Wildman–Crippen MR) is 25.0 cm³/mol. The highest BCUT2D eigenvalue weighted by atomic mass is 19.1. The molecule has 0 aromatic rings. The maximum absolute atomic E-state index is 11.2. The lowest BCUT2D eigenvalue weighted by molar-refractivity contribution is 0.164. The normalized spacial score (nSPS) is 9.43. The molecule has 0 spiro atoms. The van der Waals surface area contributed by atoms with E-state index in [1.54, 1.807) is 0 Å². The molecule has 0 aliphatic heterocycles. The molecule has 0 aromatic heterocycles. The molecular formula is C4H10FNO. The molecule has 0 saturated heterocycles. The van der Waals surface area contributed by atoms with E-state index in [0.29, 0.717) is 19.4 Å². The molecule has 0 aromatic carbocycles. The summed E-state index contributed by atoms with van der Waals surface area (Å²) in [7, 11) is 0. The van der Waals surface area contributed by atoms with Crippen LogP contribution in [0.3, 0.4) is 0 Å². The molecule has 7 heavy (non-hydrogen) atoms. The van der Waals surface area contributed by atoms with Crippen LogP contribution in [-0.2, 0) is 0 Å². The molecule has 0 heterocycles. The van der Waals surface area contributed by atoms with Gasteiger partial charge in [0, 0.05) is 6.54 Å². The predicted octanol–water partition coefficient (Wildman–Crippen LogP) is 0.715. The Morgan fingerprint density at radius 1 is 1.43 bits per heavy atom. The van der Waals surface area contributed by atoms with Gasteiger partial charge in [-0.15, -0.1) is 0 Å². The van der Waals surface area contributed by atoms with Crippen molar-refractivity contribution < 1.29 is 9.60 Å². The fraction of sp³-hybridized carbons (Fsp3) is 1.00. The van der Waals surface area contributed by atoms with Gasteiger partial charge in [-0.25, -0.2) is 5.48 Å². The first-order valence-corrected chi connectivity index (χ1v) is 2.34. The minimum absolute atomic E-state index is 0.290. The third kappa shape index (κ3) is 5.85. The van der Waals surface area contributed by atoms with Gasteiger partial charge in [0.15, 0.2) is 0 Å². The van der Waals surface area contributed by atoms with Crippen molar-refractivity contribution in [1.29, 1.82) is 0 Å². The molecule has 0 aliphatic rings. The molecule has 0 amide bonds. The molecule has 0 atom stereocenters. The molecule has 0 rings (SSSR count). The van der Waals surface area contributed by atoms with Crippen LogP contribution < -0.4 is 5.48 Å². The van der Waals surface area contributed by atoms with Crippen LogP contribution in [0, 0.1) is 0 Å². The van der Waals surface area contributed by atoms with Gasteiger partial charge >= 0.3 is 0 Å². The average molecular weight is 107 g/mol. The Kier molecular flexibility index (Phi) is 5.72. The molecule has 0 unspecified atom stereocenters. The number of halogens is 1. The van der Waals surface area contributed by atoms with Crippen molar-refractivity contribution in [2.24, 2.45) is 0 Å². The minimum Gasteiger partial charge on any atom is -0.317 e. The molecule has 2 nitrogen and oxygen atoms in total. The van der Waals surface area contributed by atoms with Crippen LogP contribution in [0.1, 0.15) is 12.8 Å². The molecule has 3 heteroatoms. The zero-order valence-electron chi connectivity index (χ0n) is 4.15. The van der Waals surface area contributed by atoms with Gasteiger partial charge in [0.2, 0.25) is 0 Å². The van der Waals surface area contributed by atoms with Gasteiger partial charge in [-0.1, -0.05) is 0 Å². The number of nitrogens with one attached hydrogen (secondary N) is 1. The smallest absolute Gasteiger partial charge is 0.0895 e. The summed E-state index contributed by atoms with van der Waals surface area (Å²) >= 11 is 0. The molecule has 0 aliphatic carbocycles. The summed E-state index contributed by atoms with van der Waals surface area (Å²) in [6.45, 7) is 0.200. The van der Waals surface area contributed by atoms with Crippen molar-refractivity contribution in [3.8, 4) is 0 Å². The number of rotatable bonds is 4. The third-order valence-electron chi connectivity index (χ3n) is 0.672. The summed E-state index contributed by atoms with van der Waals surface area (Å²) in [5.74, 6) is 0. The Bertz CT molecular complexity index is 30.9.